The Bertz CT molecular complexity index is 758. The lowest BCUT2D eigenvalue weighted by Gasteiger charge is -2.45. The monoisotopic (exact) mass is 342 g/mol. The first-order valence-corrected chi connectivity index (χ1v) is 9.21. The van der Waals surface area contributed by atoms with Gasteiger partial charge in [-0.3, -0.25) is 4.79 Å². The summed E-state index contributed by atoms with van der Waals surface area (Å²) in [5, 5.41) is 3.37. The number of ether oxygens (including phenoxy) is 1. The minimum absolute atomic E-state index is 0.128. The molecule has 1 amide bonds. The first kappa shape index (κ1) is 16.5. The largest absolute Gasteiger partial charge is 0.371 e. The summed E-state index contributed by atoms with van der Waals surface area (Å²) in [4.78, 5) is 19.4. The summed E-state index contributed by atoms with van der Waals surface area (Å²) in [5.41, 5.74) is 1.97. The number of carbonyl (C=O) groups excluding carboxylic acids is 1. The van der Waals surface area contributed by atoms with Crippen molar-refractivity contribution in [3.8, 4) is 0 Å². The second kappa shape index (κ2) is 6.77. The molecule has 1 aromatic heterocycles. The average molecular weight is 342 g/mol. The Morgan fingerprint density at radius 3 is 2.96 bits per heavy atom. The van der Waals surface area contributed by atoms with Crippen LogP contribution >= 0.6 is 0 Å². The molecule has 1 aromatic carbocycles. The summed E-state index contributed by atoms with van der Waals surface area (Å²) < 4.78 is 8.21. The van der Waals surface area contributed by atoms with Gasteiger partial charge in [-0.05, 0) is 45.0 Å². The molecule has 2 fully saturated rings. The van der Waals surface area contributed by atoms with Gasteiger partial charge in [0.15, 0.2) is 0 Å². The average Bonchev–Trinajstić information content (AvgIpc) is 2.95. The van der Waals surface area contributed by atoms with Crippen molar-refractivity contribution < 1.29 is 9.53 Å². The van der Waals surface area contributed by atoms with Gasteiger partial charge in [-0.25, -0.2) is 4.98 Å². The quantitative estimate of drug-likeness (QED) is 0.923. The summed E-state index contributed by atoms with van der Waals surface area (Å²) in [6, 6.07) is 8.10. The number of piperidine rings is 1. The van der Waals surface area contributed by atoms with Crippen LogP contribution in [0.1, 0.15) is 25.1 Å². The van der Waals surface area contributed by atoms with Crippen LogP contribution in [0.2, 0.25) is 0 Å². The molecular weight excluding hydrogens is 316 g/mol. The number of hydrogen-bond donors (Lipinski definition) is 1. The number of aromatic nitrogens is 2. The van der Waals surface area contributed by atoms with Gasteiger partial charge < -0.3 is 19.5 Å². The number of morpholine rings is 1. The van der Waals surface area contributed by atoms with E-state index in [1.54, 1.807) is 0 Å². The molecule has 0 unspecified atom stereocenters. The molecule has 134 valence electrons. The number of aryl methyl sites for hydroxylation is 2. The minimum Gasteiger partial charge on any atom is -0.371 e. The first-order valence-electron chi connectivity index (χ1n) is 9.21. The maximum Gasteiger partial charge on any atom is 0.224 e. The molecule has 6 nitrogen and oxygen atoms in total. The van der Waals surface area contributed by atoms with E-state index in [-0.39, 0.29) is 11.5 Å². The highest BCUT2D eigenvalue weighted by Gasteiger charge is 2.39. The fourth-order valence-electron chi connectivity index (χ4n) is 4.09. The van der Waals surface area contributed by atoms with Crippen molar-refractivity contribution in [3.63, 3.8) is 0 Å². The molecule has 2 aliphatic rings. The van der Waals surface area contributed by atoms with Gasteiger partial charge >= 0.3 is 0 Å². The van der Waals surface area contributed by atoms with E-state index in [4.69, 9.17) is 4.74 Å². The molecule has 3 heterocycles. The standard InChI is InChI=1S/C19H26N4O2/c1-15-21-16-4-2-3-5-17(16)23(15)11-6-18(24)22-12-13-25-19(14-22)7-9-20-10-8-19/h2-5,20H,6-14H2,1H3. The van der Waals surface area contributed by atoms with Crippen LogP contribution in [-0.4, -0.2) is 58.7 Å². The number of rotatable bonds is 3. The van der Waals surface area contributed by atoms with E-state index < -0.39 is 0 Å². The molecule has 4 rings (SSSR count). The van der Waals surface area contributed by atoms with Gasteiger partial charge in [0.1, 0.15) is 5.82 Å². The number of hydrogen-bond acceptors (Lipinski definition) is 4. The highest BCUT2D eigenvalue weighted by molar-refractivity contribution is 5.78. The fraction of sp³-hybridized carbons (Fsp3) is 0.579. The lowest BCUT2D eigenvalue weighted by molar-refractivity contribution is -0.155. The van der Waals surface area contributed by atoms with Crippen LogP contribution in [0.5, 0.6) is 0 Å². The topological polar surface area (TPSA) is 59.4 Å². The molecule has 2 saturated heterocycles. The number of carbonyl (C=O) groups is 1. The molecule has 0 aliphatic carbocycles. The molecule has 25 heavy (non-hydrogen) atoms. The van der Waals surface area contributed by atoms with Crippen molar-refractivity contribution in [2.75, 3.05) is 32.8 Å². The lowest BCUT2D eigenvalue weighted by Crippen LogP contribution is -2.57. The van der Waals surface area contributed by atoms with E-state index in [1.165, 1.54) is 0 Å². The van der Waals surface area contributed by atoms with Crippen LogP contribution in [0.15, 0.2) is 24.3 Å². The van der Waals surface area contributed by atoms with E-state index >= 15 is 0 Å². The van der Waals surface area contributed by atoms with Crippen LogP contribution in [0.4, 0.5) is 0 Å². The molecule has 0 saturated carbocycles. The van der Waals surface area contributed by atoms with E-state index in [2.05, 4.69) is 20.9 Å². The van der Waals surface area contributed by atoms with Crippen LogP contribution in [0, 0.1) is 6.92 Å². The van der Waals surface area contributed by atoms with Crippen molar-refractivity contribution in [1.29, 1.82) is 0 Å². The summed E-state index contributed by atoms with van der Waals surface area (Å²) >= 11 is 0. The third-order valence-electron chi connectivity index (χ3n) is 5.51. The predicted octanol–water partition coefficient (Wildman–Crippen LogP) is 1.72. The van der Waals surface area contributed by atoms with Gasteiger partial charge in [0, 0.05) is 26.1 Å². The highest BCUT2D eigenvalue weighted by Crippen LogP contribution is 2.28. The van der Waals surface area contributed by atoms with E-state index in [0.717, 1.165) is 49.3 Å². The molecular formula is C19H26N4O2. The van der Waals surface area contributed by atoms with Gasteiger partial charge in [-0.1, -0.05) is 12.1 Å². The molecule has 2 aromatic rings. The van der Waals surface area contributed by atoms with Crippen molar-refractivity contribution in [3.05, 3.63) is 30.1 Å². The second-order valence-corrected chi connectivity index (χ2v) is 7.15. The number of imidazole rings is 1. The van der Waals surface area contributed by atoms with Gasteiger partial charge in [-0.15, -0.1) is 0 Å². The Labute approximate surface area is 148 Å². The van der Waals surface area contributed by atoms with Gasteiger partial charge in [0.2, 0.25) is 5.91 Å². The third-order valence-corrected chi connectivity index (χ3v) is 5.51. The number of nitrogens with one attached hydrogen (secondary N) is 1. The van der Waals surface area contributed by atoms with Crippen molar-refractivity contribution in [1.82, 2.24) is 19.8 Å². The SMILES string of the molecule is Cc1nc2ccccc2n1CCC(=O)N1CCOC2(CCNCC2)C1. The van der Waals surface area contributed by atoms with Gasteiger partial charge in [-0.2, -0.15) is 0 Å². The van der Waals surface area contributed by atoms with E-state index in [9.17, 15) is 4.79 Å². The summed E-state index contributed by atoms with van der Waals surface area (Å²) in [6.45, 7) is 6.72. The maximum atomic E-state index is 12.8. The number of fused-ring (bicyclic) bond motifs is 1. The smallest absolute Gasteiger partial charge is 0.224 e. The summed E-state index contributed by atoms with van der Waals surface area (Å²) in [7, 11) is 0. The van der Waals surface area contributed by atoms with Crippen molar-refractivity contribution in [2.45, 2.75) is 38.3 Å². The predicted molar refractivity (Wildman–Crippen MR) is 96.5 cm³/mol. The Hall–Kier alpha value is -1.92. The number of amides is 1. The lowest BCUT2D eigenvalue weighted by atomic mass is 9.90. The van der Waals surface area contributed by atoms with Gasteiger partial charge in [0.25, 0.3) is 0 Å². The zero-order chi connectivity index (χ0) is 17.3. The molecule has 6 heteroatoms. The van der Waals surface area contributed by atoms with Crippen LogP contribution in [0.25, 0.3) is 11.0 Å². The molecule has 2 aliphatic heterocycles. The van der Waals surface area contributed by atoms with Crippen LogP contribution in [0.3, 0.4) is 0 Å². The Kier molecular flexibility index (Phi) is 4.48. The fourth-order valence-corrected chi connectivity index (χ4v) is 4.09. The normalized spacial score (nSPS) is 20.3. The molecule has 1 spiro atoms. The van der Waals surface area contributed by atoms with E-state index in [1.807, 2.05) is 30.0 Å². The second-order valence-electron chi connectivity index (χ2n) is 7.15. The molecule has 1 N–H and O–H groups in total. The minimum atomic E-state index is -0.128. The molecule has 0 bridgehead atoms. The van der Waals surface area contributed by atoms with Crippen molar-refractivity contribution in [2.24, 2.45) is 0 Å². The Balaban J connectivity index is 1.42. The summed E-state index contributed by atoms with van der Waals surface area (Å²) in [5.74, 6) is 1.18. The Morgan fingerprint density at radius 2 is 2.12 bits per heavy atom. The zero-order valence-electron chi connectivity index (χ0n) is 14.8. The van der Waals surface area contributed by atoms with Gasteiger partial charge in [0.05, 0.1) is 23.2 Å². The Morgan fingerprint density at radius 1 is 1.32 bits per heavy atom. The first-order chi connectivity index (χ1) is 12.2. The maximum absolute atomic E-state index is 12.8. The molecule has 0 atom stereocenters. The third kappa shape index (κ3) is 3.28. The molecule has 0 radical (unpaired) electrons. The number of nitrogens with zero attached hydrogens (tertiary/aromatic N) is 3. The highest BCUT2D eigenvalue weighted by atomic mass is 16.5. The van der Waals surface area contributed by atoms with Crippen molar-refractivity contribution >= 4 is 16.9 Å². The summed E-state index contributed by atoms with van der Waals surface area (Å²) in [6.07, 6.45) is 2.49. The van der Waals surface area contributed by atoms with E-state index in [0.29, 0.717) is 26.1 Å². The zero-order valence-corrected chi connectivity index (χ0v) is 14.8. The van der Waals surface area contributed by atoms with Crippen LogP contribution in [-0.2, 0) is 16.1 Å². The number of benzene rings is 1. The number of para-hydroxylation sites is 2. The van der Waals surface area contributed by atoms with Crippen LogP contribution < -0.4 is 5.32 Å².